The van der Waals surface area contributed by atoms with E-state index in [1.165, 1.54) is 0 Å². The molecule has 0 spiro atoms. The molecule has 2 N–H and O–H groups in total. The van der Waals surface area contributed by atoms with Gasteiger partial charge in [0.05, 0.1) is 12.3 Å². The maximum atomic E-state index is 12.7. The number of hydrogen-bond donors (Lipinski definition) is 2. The molecule has 148 valence electrons. The molecule has 7 nitrogen and oxygen atoms in total. The van der Waals surface area contributed by atoms with E-state index in [-0.39, 0.29) is 23.4 Å². The molecule has 29 heavy (non-hydrogen) atoms. The van der Waals surface area contributed by atoms with Crippen LogP contribution in [-0.4, -0.2) is 28.2 Å². The molecule has 0 radical (unpaired) electrons. The zero-order valence-corrected chi connectivity index (χ0v) is 16.1. The monoisotopic (exact) mass is 390 g/mol. The summed E-state index contributed by atoms with van der Waals surface area (Å²) in [6.45, 7) is 2.50. The van der Waals surface area contributed by atoms with Crippen molar-refractivity contribution in [2.75, 3.05) is 17.2 Å². The molecule has 1 aliphatic rings. The van der Waals surface area contributed by atoms with Crippen LogP contribution in [0.5, 0.6) is 5.75 Å². The van der Waals surface area contributed by atoms with E-state index >= 15 is 0 Å². The maximum Gasteiger partial charge on any atom is 0.276 e. The highest BCUT2D eigenvalue weighted by molar-refractivity contribution is 6.04. The third-order valence-corrected chi connectivity index (χ3v) is 4.57. The molecular formula is C22H22N4O3. The number of anilines is 2. The molecule has 2 amide bonds. The number of nitrogens with one attached hydrogen (secondary N) is 2. The molecule has 2 aromatic carbocycles. The SMILES string of the molecule is CCOc1ccc(NC(=O)c2cc(NC(=O)C3CC3)n(-c3ccccc3)n2)cc1. The minimum Gasteiger partial charge on any atom is -0.494 e. The third-order valence-electron chi connectivity index (χ3n) is 4.57. The molecule has 1 heterocycles. The summed E-state index contributed by atoms with van der Waals surface area (Å²) in [7, 11) is 0. The van der Waals surface area contributed by atoms with Gasteiger partial charge < -0.3 is 15.4 Å². The second-order valence-corrected chi connectivity index (χ2v) is 6.84. The summed E-state index contributed by atoms with van der Waals surface area (Å²) in [5.74, 6) is 0.871. The van der Waals surface area contributed by atoms with Crippen molar-refractivity contribution in [3.63, 3.8) is 0 Å². The van der Waals surface area contributed by atoms with E-state index < -0.39 is 0 Å². The van der Waals surface area contributed by atoms with Crippen molar-refractivity contribution in [1.82, 2.24) is 9.78 Å². The van der Waals surface area contributed by atoms with Gasteiger partial charge in [0.25, 0.3) is 5.91 Å². The van der Waals surface area contributed by atoms with Gasteiger partial charge in [-0.25, -0.2) is 4.68 Å². The first-order valence-electron chi connectivity index (χ1n) is 9.64. The van der Waals surface area contributed by atoms with Crippen molar-refractivity contribution in [3.8, 4) is 11.4 Å². The molecule has 4 rings (SSSR count). The van der Waals surface area contributed by atoms with Gasteiger partial charge in [0.15, 0.2) is 5.69 Å². The Balaban J connectivity index is 1.56. The summed E-state index contributed by atoms with van der Waals surface area (Å²) in [6.07, 6.45) is 1.80. The number of carbonyl (C=O) groups is 2. The number of benzene rings is 2. The topological polar surface area (TPSA) is 85.3 Å². The van der Waals surface area contributed by atoms with E-state index in [2.05, 4.69) is 15.7 Å². The maximum absolute atomic E-state index is 12.7. The van der Waals surface area contributed by atoms with Crippen molar-refractivity contribution in [2.45, 2.75) is 19.8 Å². The Kier molecular flexibility index (Phi) is 5.29. The Bertz CT molecular complexity index is 1010. The van der Waals surface area contributed by atoms with Gasteiger partial charge in [0, 0.05) is 17.7 Å². The second-order valence-electron chi connectivity index (χ2n) is 6.84. The summed E-state index contributed by atoms with van der Waals surface area (Å²) in [4.78, 5) is 25.0. The number of aromatic nitrogens is 2. The first-order chi connectivity index (χ1) is 14.1. The molecular weight excluding hydrogens is 368 g/mol. The van der Waals surface area contributed by atoms with Crippen LogP contribution in [0.25, 0.3) is 5.69 Å². The highest BCUT2D eigenvalue weighted by Crippen LogP contribution is 2.30. The zero-order valence-electron chi connectivity index (χ0n) is 16.1. The number of para-hydroxylation sites is 1. The van der Waals surface area contributed by atoms with Gasteiger partial charge in [0.1, 0.15) is 11.6 Å². The van der Waals surface area contributed by atoms with Gasteiger partial charge in [-0.1, -0.05) is 18.2 Å². The van der Waals surface area contributed by atoms with Crippen LogP contribution in [-0.2, 0) is 4.79 Å². The van der Waals surface area contributed by atoms with Gasteiger partial charge in [-0.15, -0.1) is 0 Å². The minimum absolute atomic E-state index is 0.0412. The van der Waals surface area contributed by atoms with Crippen molar-refractivity contribution in [2.24, 2.45) is 5.92 Å². The standard InChI is InChI=1S/C22H22N4O3/c1-2-29-18-12-10-16(11-13-18)23-22(28)19-14-20(24-21(27)15-8-9-15)26(25-19)17-6-4-3-5-7-17/h3-7,10-15H,2,8-9H2,1H3,(H,23,28)(H,24,27). The summed E-state index contributed by atoms with van der Waals surface area (Å²) < 4.78 is 6.99. The first-order valence-corrected chi connectivity index (χ1v) is 9.64. The van der Waals surface area contributed by atoms with Crippen molar-refractivity contribution < 1.29 is 14.3 Å². The molecule has 0 saturated heterocycles. The molecule has 3 aromatic rings. The van der Waals surface area contributed by atoms with Gasteiger partial charge >= 0.3 is 0 Å². The smallest absolute Gasteiger partial charge is 0.276 e. The van der Waals surface area contributed by atoms with Gasteiger partial charge in [0.2, 0.25) is 5.91 Å². The fraction of sp³-hybridized carbons (Fsp3) is 0.227. The predicted octanol–water partition coefficient (Wildman–Crippen LogP) is 3.87. The minimum atomic E-state index is -0.356. The summed E-state index contributed by atoms with van der Waals surface area (Å²) >= 11 is 0. The van der Waals surface area contributed by atoms with Gasteiger partial charge in [-0.2, -0.15) is 5.10 Å². The quantitative estimate of drug-likeness (QED) is 0.641. The lowest BCUT2D eigenvalue weighted by atomic mass is 10.3. The fourth-order valence-electron chi connectivity index (χ4n) is 2.92. The average Bonchev–Trinajstić information content (AvgIpc) is 3.51. The van der Waals surface area contributed by atoms with Crippen molar-refractivity contribution in [3.05, 3.63) is 66.4 Å². The molecule has 7 heteroatoms. The Hall–Kier alpha value is -3.61. The molecule has 0 bridgehead atoms. The highest BCUT2D eigenvalue weighted by atomic mass is 16.5. The lowest BCUT2D eigenvalue weighted by Gasteiger charge is -2.08. The third kappa shape index (κ3) is 4.45. The summed E-state index contributed by atoms with van der Waals surface area (Å²) in [5.41, 5.74) is 1.61. The van der Waals surface area contributed by atoms with Crippen LogP contribution in [0, 0.1) is 5.92 Å². The number of ether oxygens (including phenoxy) is 1. The molecule has 0 atom stereocenters. The Morgan fingerprint density at radius 3 is 2.45 bits per heavy atom. The van der Waals surface area contributed by atoms with Crippen LogP contribution in [0.15, 0.2) is 60.7 Å². The van der Waals surface area contributed by atoms with E-state index in [1.54, 1.807) is 35.0 Å². The second kappa shape index (κ2) is 8.18. The van der Waals surface area contributed by atoms with Crippen LogP contribution in [0.3, 0.4) is 0 Å². The normalized spacial score (nSPS) is 13.0. The zero-order chi connectivity index (χ0) is 20.2. The first kappa shape index (κ1) is 18.7. The summed E-state index contributed by atoms with van der Waals surface area (Å²) in [5, 5.41) is 10.1. The van der Waals surface area contributed by atoms with Crippen LogP contribution < -0.4 is 15.4 Å². The lowest BCUT2D eigenvalue weighted by Crippen LogP contribution is -2.16. The van der Waals surface area contributed by atoms with Crippen LogP contribution >= 0.6 is 0 Å². The molecule has 1 saturated carbocycles. The van der Waals surface area contributed by atoms with Crippen molar-refractivity contribution in [1.29, 1.82) is 0 Å². The number of rotatable bonds is 7. The molecule has 1 fully saturated rings. The largest absolute Gasteiger partial charge is 0.494 e. The van der Waals surface area contributed by atoms with Gasteiger partial charge in [-0.3, -0.25) is 9.59 Å². The van der Waals surface area contributed by atoms with E-state index in [4.69, 9.17) is 4.74 Å². The predicted molar refractivity (Wildman–Crippen MR) is 110 cm³/mol. The van der Waals surface area contributed by atoms with E-state index in [9.17, 15) is 9.59 Å². The van der Waals surface area contributed by atoms with Crippen LogP contribution in [0.2, 0.25) is 0 Å². The highest BCUT2D eigenvalue weighted by Gasteiger charge is 2.30. The number of nitrogens with zero attached hydrogens (tertiary/aromatic N) is 2. The number of amides is 2. The number of carbonyl (C=O) groups excluding carboxylic acids is 2. The van der Waals surface area contributed by atoms with Crippen LogP contribution in [0.1, 0.15) is 30.3 Å². The van der Waals surface area contributed by atoms with Crippen LogP contribution in [0.4, 0.5) is 11.5 Å². The van der Waals surface area contributed by atoms with E-state index in [0.29, 0.717) is 18.1 Å². The Morgan fingerprint density at radius 2 is 1.79 bits per heavy atom. The Morgan fingerprint density at radius 1 is 1.07 bits per heavy atom. The van der Waals surface area contributed by atoms with E-state index in [0.717, 1.165) is 24.3 Å². The Labute approximate surface area is 168 Å². The molecule has 0 unspecified atom stereocenters. The van der Waals surface area contributed by atoms with Gasteiger partial charge in [-0.05, 0) is 56.2 Å². The summed E-state index contributed by atoms with van der Waals surface area (Å²) in [6, 6.07) is 18.1. The molecule has 1 aliphatic carbocycles. The molecule has 0 aliphatic heterocycles. The number of hydrogen-bond acceptors (Lipinski definition) is 4. The average molecular weight is 390 g/mol. The fourth-order valence-corrected chi connectivity index (χ4v) is 2.92. The van der Waals surface area contributed by atoms with Crippen molar-refractivity contribution >= 4 is 23.3 Å². The lowest BCUT2D eigenvalue weighted by molar-refractivity contribution is -0.117. The van der Waals surface area contributed by atoms with E-state index in [1.807, 2.05) is 37.3 Å². The molecule has 1 aromatic heterocycles.